The molecule has 3 heterocycles. The fourth-order valence-electron chi connectivity index (χ4n) is 4.18. The van der Waals surface area contributed by atoms with E-state index in [1.807, 2.05) is 24.3 Å². The molecule has 0 saturated heterocycles. The summed E-state index contributed by atoms with van der Waals surface area (Å²) >= 11 is 0. The van der Waals surface area contributed by atoms with Gasteiger partial charge in [-0.05, 0) is 42.0 Å². The molecule has 0 unspecified atom stereocenters. The molecule has 0 atom stereocenters. The lowest BCUT2D eigenvalue weighted by Gasteiger charge is -2.07. The number of hydrogen-bond donors (Lipinski definition) is 4. The largest absolute Gasteiger partial charge is 0.377 e. The van der Waals surface area contributed by atoms with Gasteiger partial charge in [-0.1, -0.05) is 18.2 Å². The Labute approximate surface area is 243 Å². The van der Waals surface area contributed by atoms with Gasteiger partial charge in [0.2, 0.25) is 0 Å². The first-order chi connectivity index (χ1) is 20.3. The summed E-state index contributed by atoms with van der Waals surface area (Å²) in [5.74, 6) is -0.157. The first kappa shape index (κ1) is 29.5. The Morgan fingerprint density at radius 3 is 2.12 bits per heavy atom. The number of benzene rings is 1. The maximum atomic E-state index is 13.0. The highest BCUT2D eigenvalue weighted by Crippen LogP contribution is 2.18. The number of nitrogens with one attached hydrogen (secondary N) is 4. The van der Waals surface area contributed by atoms with E-state index >= 15 is 0 Å². The summed E-state index contributed by atoms with van der Waals surface area (Å²) in [5.41, 5.74) is 3.86. The van der Waals surface area contributed by atoms with Crippen molar-refractivity contribution in [1.29, 1.82) is 0 Å². The van der Waals surface area contributed by atoms with Crippen LogP contribution in [0, 0.1) is 0 Å². The van der Waals surface area contributed by atoms with Crippen molar-refractivity contribution < 1.29 is 14.4 Å². The van der Waals surface area contributed by atoms with E-state index in [0.29, 0.717) is 41.3 Å². The van der Waals surface area contributed by atoms with Gasteiger partial charge in [0.05, 0.1) is 22.9 Å². The molecule has 4 rings (SSSR count). The van der Waals surface area contributed by atoms with Gasteiger partial charge in [-0.15, -0.1) is 0 Å². The lowest BCUT2D eigenvalue weighted by molar-refractivity contribution is 0.0945. The van der Waals surface area contributed by atoms with Gasteiger partial charge in [-0.2, -0.15) is 0 Å². The van der Waals surface area contributed by atoms with E-state index in [4.69, 9.17) is 0 Å². The highest BCUT2D eigenvalue weighted by atomic mass is 16.2. The zero-order chi connectivity index (χ0) is 30.1. The molecule has 3 aromatic heterocycles. The van der Waals surface area contributed by atoms with Crippen molar-refractivity contribution >= 4 is 47.1 Å². The van der Waals surface area contributed by atoms with E-state index < -0.39 is 0 Å². The summed E-state index contributed by atoms with van der Waals surface area (Å²) in [6.07, 6.45) is 10.8. The van der Waals surface area contributed by atoms with Crippen molar-refractivity contribution in [1.82, 2.24) is 29.7 Å². The Morgan fingerprint density at radius 1 is 0.881 bits per heavy atom. The maximum absolute atomic E-state index is 13.0. The Hall–Kier alpha value is -5.52. The summed E-state index contributed by atoms with van der Waals surface area (Å²) in [6, 6.07) is 12.1. The van der Waals surface area contributed by atoms with E-state index in [1.54, 1.807) is 86.2 Å². The highest BCUT2D eigenvalue weighted by Gasteiger charge is 2.17. The summed E-state index contributed by atoms with van der Waals surface area (Å²) in [4.78, 5) is 50.6. The summed E-state index contributed by atoms with van der Waals surface area (Å²) in [7, 11) is 6.91. The lowest BCUT2D eigenvalue weighted by atomic mass is 10.1. The van der Waals surface area contributed by atoms with E-state index in [2.05, 4.69) is 36.2 Å². The first-order valence-electron chi connectivity index (χ1n) is 13.2. The minimum atomic E-state index is -0.381. The van der Waals surface area contributed by atoms with Crippen LogP contribution in [-0.4, -0.2) is 63.3 Å². The predicted molar refractivity (Wildman–Crippen MR) is 164 cm³/mol. The van der Waals surface area contributed by atoms with Crippen molar-refractivity contribution in [2.75, 3.05) is 31.3 Å². The van der Waals surface area contributed by atoms with Crippen LogP contribution >= 0.6 is 0 Å². The molecule has 4 aromatic rings. The van der Waals surface area contributed by atoms with Crippen molar-refractivity contribution in [3.63, 3.8) is 0 Å². The third-order valence-corrected chi connectivity index (χ3v) is 6.42. The minimum absolute atomic E-state index is 0.261. The smallest absolute Gasteiger partial charge is 0.272 e. The second-order valence-corrected chi connectivity index (χ2v) is 9.37. The van der Waals surface area contributed by atoms with E-state index in [-0.39, 0.29) is 17.7 Å². The number of amides is 3. The molecule has 0 saturated carbocycles. The first-order valence-corrected chi connectivity index (χ1v) is 13.2. The average molecular weight is 568 g/mol. The molecule has 0 fully saturated rings. The quantitative estimate of drug-likeness (QED) is 0.171. The molecule has 12 heteroatoms. The van der Waals surface area contributed by atoms with E-state index in [9.17, 15) is 14.4 Å². The minimum Gasteiger partial charge on any atom is -0.377 e. The zero-order valence-electron chi connectivity index (χ0n) is 23.9. The Morgan fingerprint density at radius 2 is 1.52 bits per heavy atom. The molecule has 0 spiro atoms. The van der Waals surface area contributed by atoms with Crippen LogP contribution in [0.1, 0.15) is 49.0 Å². The number of aryl methyl sites for hydroxylation is 2. The van der Waals surface area contributed by atoms with E-state index in [0.717, 1.165) is 17.1 Å². The van der Waals surface area contributed by atoms with Crippen LogP contribution in [0.15, 0.2) is 72.4 Å². The van der Waals surface area contributed by atoms with Crippen LogP contribution in [0.3, 0.4) is 0 Å². The normalized spacial score (nSPS) is 11.4. The van der Waals surface area contributed by atoms with Crippen molar-refractivity contribution in [2.45, 2.75) is 6.42 Å². The van der Waals surface area contributed by atoms with Crippen LogP contribution in [0.2, 0.25) is 0 Å². The fourth-order valence-corrected chi connectivity index (χ4v) is 4.18. The van der Waals surface area contributed by atoms with Gasteiger partial charge >= 0.3 is 0 Å². The Kier molecular flexibility index (Phi) is 9.61. The van der Waals surface area contributed by atoms with Crippen molar-refractivity contribution in [3.05, 3.63) is 95.6 Å². The van der Waals surface area contributed by atoms with Gasteiger partial charge in [0.25, 0.3) is 17.7 Å². The van der Waals surface area contributed by atoms with Gasteiger partial charge < -0.3 is 30.4 Å². The highest BCUT2D eigenvalue weighted by molar-refractivity contribution is 6.07. The molecule has 216 valence electrons. The molecule has 1 aromatic carbocycles. The number of carbonyl (C=O) groups is 3. The summed E-state index contributed by atoms with van der Waals surface area (Å²) < 4.78 is 3.27. The third-order valence-electron chi connectivity index (χ3n) is 6.42. The summed E-state index contributed by atoms with van der Waals surface area (Å²) in [6.45, 7) is 0.419. The van der Waals surface area contributed by atoms with Crippen LogP contribution in [0.4, 0.5) is 11.4 Å². The molecule has 0 bridgehead atoms. The molecule has 0 aliphatic rings. The summed E-state index contributed by atoms with van der Waals surface area (Å²) in [5, 5.41) is 11.5. The zero-order valence-corrected chi connectivity index (χ0v) is 23.9. The molecule has 0 radical (unpaired) electrons. The van der Waals surface area contributed by atoms with Crippen LogP contribution in [0.25, 0.3) is 12.2 Å². The second kappa shape index (κ2) is 13.7. The molecule has 0 aliphatic heterocycles. The SMILES string of the molecule is CN=C(CCNC(=O)c1cc(NC(=O)c2cc(NC(=O)c3ccc(/C=C/c4ccncn4)cc3)cn2C)cn1C)NC. The Bertz CT molecular complexity index is 1620. The number of nitrogens with zero attached hydrogens (tertiary/aromatic N) is 5. The average Bonchev–Trinajstić information content (AvgIpc) is 3.55. The van der Waals surface area contributed by atoms with Gasteiger partial charge in [-0.25, -0.2) is 9.97 Å². The molecule has 4 N–H and O–H groups in total. The van der Waals surface area contributed by atoms with Crippen molar-refractivity contribution in [3.8, 4) is 0 Å². The predicted octanol–water partition coefficient (Wildman–Crippen LogP) is 3.20. The topological polar surface area (TPSA) is 147 Å². The maximum Gasteiger partial charge on any atom is 0.272 e. The van der Waals surface area contributed by atoms with Gasteiger partial charge in [-0.3, -0.25) is 19.4 Å². The number of hydrogen-bond acceptors (Lipinski definition) is 6. The molecule has 3 amide bonds. The molecule has 12 nitrogen and oxygen atoms in total. The standard InChI is InChI=1S/C30H33N9O3/c1-31-27(32-2)12-14-34-29(41)25-15-24(18-38(25)3)37-30(42)26-16-23(17-39(26)4)36-28(40)21-8-5-20(6-9-21)7-10-22-11-13-33-19-35-22/h5-11,13,15-19H,12,14H2,1-4H3,(H,31,32)(H,34,41)(H,36,40)(H,37,42)/b10-7+. The van der Waals surface area contributed by atoms with E-state index in [1.165, 1.54) is 6.33 Å². The van der Waals surface area contributed by atoms with Gasteiger partial charge in [0, 0.05) is 65.3 Å². The number of rotatable bonds is 10. The molecule has 0 aliphatic carbocycles. The lowest BCUT2D eigenvalue weighted by Crippen LogP contribution is -2.30. The number of anilines is 2. The Balaban J connectivity index is 1.34. The monoisotopic (exact) mass is 567 g/mol. The molecule has 42 heavy (non-hydrogen) atoms. The number of aromatic nitrogens is 4. The van der Waals surface area contributed by atoms with Crippen molar-refractivity contribution in [2.24, 2.45) is 19.1 Å². The fraction of sp³-hybridized carbons (Fsp3) is 0.200. The number of amidine groups is 1. The van der Waals surface area contributed by atoms with Crippen LogP contribution in [-0.2, 0) is 14.1 Å². The number of aliphatic imine (C=N–C) groups is 1. The van der Waals surface area contributed by atoms with Gasteiger partial charge in [0.1, 0.15) is 17.7 Å². The second-order valence-electron chi connectivity index (χ2n) is 9.37. The third kappa shape index (κ3) is 7.56. The van der Waals surface area contributed by atoms with Crippen LogP contribution in [0.5, 0.6) is 0 Å². The molecular weight excluding hydrogens is 534 g/mol. The van der Waals surface area contributed by atoms with Gasteiger partial charge in [0.15, 0.2) is 0 Å². The molecular formula is C30H33N9O3. The van der Waals surface area contributed by atoms with Crippen LogP contribution < -0.4 is 21.3 Å². The number of carbonyl (C=O) groups excluding carboxylic acids is 3.